The summed E-state index contributed by atoms with van der Waals surface area (Å²) in [5.74, 6) is -0.734. The van der Waals surface area contributed by atoms with E-state index in [2.05, 4.69) is 5.32 Å². The summed E-state index contributed by atoms with van der Waals surface area (Å²) in [6.07, 6.45) is 1.50. The summed E-state index contributed by atoms with van der Waals surface area (Å²) >= 11 is 0. The van der Waals surface area contributed by atoms with Crippen LogP contribution in [0.1, 0.15) is 19.3 Å². The van der Waals surface area contributed by atoms with Gasteiger partial charge in [0.25, 0.3) is 0 Å². The molecule has 1 aliphatic carbocycles. The van der Waals surface area contributed by atoms with Gasteiger partial charge in [0.15, 0.2) is 9.84 Å². The maximum absolute atomic E-state index is 13.0. The quantitative estimate of drug-likeness (QED) is 0.661. The fraction of sp³-hybridized carbons (Fsp3) is 0.350. The van der Waals surface area contributed by atoms with Crippen LogP contribution in [0.3, 0.4) is 0 Å². The van der Waals surface area contributed by atoms with Crippen LogP contribution in [0.15, 0.2) is 59.5 Å². The predicted molar refractivity (Wildman–Crippen MR) is 114 cm³/mol. The molecule has 2 aromatic rings. The number of nitrogens with zero attached hydrogens (tertiary/aromatic N) is 2. The molecule has 160 valence electrons. The van der Waals surface area contributed by atoms with E-state index in [9.17, 15) is 21.6 Å². The molecule has 0 unspecified atom stereocenters. The normalized spacial score (nSPS) is 17.6. The lowest BCUT2D eigenvalue weighted by molar-refractivity contribution is -0.120. The molecule has 1 saturated carbocycles. The summed E-state index contributed by atoms with van der Waals surface area (Å²) in [5.41, 5.74) is 1.27. The lowest BCUT2D eigenvalue weighted by Gasteiger charge is -2.21. The van der Waals surface area contributed by atoms with Crippen molar-refractivity contribution < 1.29 is 21.6 Å². The average Bonchev–Trinajstić information content (AvgIpc) is 3.52. The van der Waals surface area contributed by atoms with Crippen LogP contribution in [0.4, 0.5) is 11.4 Å². The molecule has 1 N–H and O–H groups in total. The second-order valence-electron chi connectivity index (χ2n) is 7.33. The van der Waals surface area contributed by atoms with Gasteiger partial charge in [0.05, 0.1) is 28.6 Å². The Morgan fingerprint density at radius 1 is 1.00 bits per heavy atom. The second kappa shape index (κ2) is 7.92. The van der Waals surface area contributed by atoms with Crippen molar-refractivity contribution in [1.29, 1.82) is 0 Å². The zero-order valence-corrected chi connectivity index (χ0v) is 17.9. The highest BCUT2D eigenvalue weighted by Crippen LogP contribution is 2.46. The number of hydrogen-bond acceptors (Lipinski definition) is 5. The molecular weight excluding hydrogens is 426 g/mol. The van der Waals surface area contributed by atoms with Crippen molar-refractivity contribution in [1.82, 2.24) is 5.32 Å². The molecule has 1 aliphatic heterocycles. The first-order valence-electron chi connectivity index (χ1n) is 9.76. The summed E-state index contributed by atoms with van der Waals surface area (Å²) in [4.78, 5) is 12.3. The smallest absolute Gasteiger partial charge is 0.326 e. The third-order valence-corrected chi connectivity index (χ3v) is 8.79. The number of fused-ring (bicyclic) bond motifs is 1. The van der Waals surface area contributed by atoms with Crippen LogP contribution in [0.2, 0.25) is 0 Å². The maximum Gasteiger partial charge on any atom is 0.326 e. The number of anilines is 2. The number of benzene rings is 2. The molecule has 0 spiro atoms. The van der Waals surface area contributed by atoms with Crippen LogP contribution < -0.4 is 13.9 Å². The molecule has 2 aliphatic rings. The van der Waals surface area contributed by atoms with Gasteiger partial charge < -0.3 is 5.32 Å². The van der Waals surface area contributed by atoms with Crippen molar-refractivity contribution in [3.63, 3.8) is 0 Å². The SMILES string of the molecule is O=C(CCS(=O)(=O)c1ccccc1)NCCN1c2ccccc2N(C2CC2)S1(=O)=O. The number of carbonyl (C=O) groups excluding carboxylic acids is 1. The van der Waals surface area contributed by atoms with Gasteiger partial charge in [0.2, 0.25) is 5.91 Å². The molecule has 0 bridgehead atoms. The number of hydrogen-bond donors (Lipinski definition) is 1. The lowest BCUT2D eigenvalue weighted by Crippen LogP contribution is -2.42. The van der Waals surface area contributed by atoms with Crippen LogP contribution in [0.5, 0.6) is 0 Å². The van der Waals surface area contributed by atoms with Gasteiger partial charge in [-0.3, -0.25) is 4.79 Å². The Morgan fingerprint density at radius 2 is 1.63 bits per heavy atom. The van der Waals surface area contributed by atoms with Crippen molar-refractivity contribution in [2.75, 3.05) is 27.5 Å². The number of amides is 1. The molecule has 4 rings (SSSR count). The van der Waals surface area contributed by atoms with Gasteiger partial charge in [-0.25, -0.2) is 17.0 Å². The first-order valence-corrected chi connectivity index (χ1v) is 12.8. The minimum absolute atomic E-state index is 0.000987. The molecule has 1 amide bonds. The minimum Gasteiger partial charge on any atom is -0.354 e. The fourth-order valence-corrected chi connectivity index (χ4v) is 6.69. The topological polar surface area (TPSA) is 104 Å². The van der Waals surface area contributed by atoms with E-state index in [4.69, 9.17) is 0 Å². The van der Waals surface area contributed by atoms with Crippen molar-refractivity contribution in [2.45, 2.75) is 30.2 Å². The summed E-state index contributed by atoms with van der Waals surface area (Å²) in [6, 6.07) is 15.1. The van der Waals surface area contributed by atoms with Crippen LogP contribution in [-0.2, 0) is 24.8 Å². The summed E-state index contributed by atoms with van der Waals surface area (Å²) in [7, 11) is -7.21. The molecular formula is C20H23N3O5S2. The van der Waals surface area contributed by atoms with Gasteiger partial charge in [0.1, 0.15) is 0 Å². The number of nitrogens with one attached hydrogen (secondary N) is 1. The third-order valence-electron chi connectivity index (χ3n) is 5.13. The average molecular weight is 450 g/mol. The molecule has 0 aromatic heterocycles. The molecule has 0 radical (unpaired) electrons. The van der Waals surface area contributed by atoms with Crippen molar-refractivity contribution >= 4 is 37.3 Å². The molecule has 0 saturated heterocycles. The van der Waals surface area contributed by atoms with Crippen LogP contribution in [0, 0.1) is 0 Å². The predicted octanol–water partition coefficient (Wildman–Crippen LogP) is 1.70. The molecule has 0 atom stereocenters. The molecule has 1 fully saturated rings. The maximum atomic E-state index is 13.0. The fourth-order valence-electron chi connectivity index (χ4n) is 3.50. The number of sulfone groups is 1. The molecule has 30 heavy (non-hydrogen) atoms. The zero-order chi connectivity index (χ0) is 21.4. The summed E-state index contributed by atoms with van der Waals surface area (Å²) in [5, 5.41) is 2.63. The van der Waals surface area contributed by atoms with Gasteiger partial charge in [-0.2, -0.15) is 8.42 Å². The summed E-state index contributed by atoms with van der Waals surface area (Å²) in [6.45, 7) is 0.177. The van der Waals surface area contributed by atoms with Gasteiger partial charge in [0, 0.05) is 19.0 Å². The Hall–Kier alpha value is -2.59. The van der Waals surface area contributed by atoms with Gasteiger partial charge >= 0.3 is 10.2 Å². The largest absolute Gasteiger partial charge is 0.354 e. The molecule has 10 heteroatoms. The van der Waals surface area contributed by atoms with E-state index in [1.807, 2.05) is 6.07 Å². The van der Waals surface area contributed by atoms with Crippen LogP contribution in [0.25, 0.3) is 0 Å². The van der Waals surface area contributed by atoms with Crippen molar-refractivity contribution in [3.05, 3.63) is 54.6 Å². The van der Waals surface area contributed by atoms with E-state index in [0.29, 0.717) is 11.4 Å². The van der Waals surface area contributed by atoms with Crippen molar-refractivity contribution in [3.8, 4) is 0 Å². The van der Waals surface area contributed by atoms with Gasteiger partial charge in [-0.1, -0.05) is 30.3 Å². The minimum atomic E-state index is -3.67. The Labute approximate surface area is 176 Å². The van der Waals surface area contributed by atoms with Gasteiger partial charge in [-0.05, 0) is 37.1 Å². The van der Waals surface area contributed by atoms with Crippen LogP contribution in [-0.4, -0.2) is 47.6 Å². The van der Waals surface area contributed by atoms with Gasteiger partial charge in [-0.15, -0.1) is 0 Å². The first kappa shape index (κ1) is 20.7. The molecule has 2 aromatic carbocycles. The van der Waals surface area contributed by atoms with E-state index >= 15 is 0 Å². The third kappa shape index (κ3) is 4.01. The number of para-hydroxylation sites is 2. The van der Waals surface area contributed by atoms with E-state index in [-0.39, 0.29) is 36.2 Å². The standard InChI is InChI=1S/C20H23N3O5S2/c24-20(12-15-29(25,26)17-6-2-1-3-7-17)21-13-14-22-18-8-4-5-9-19(18)23(16-10-11-16)30(22,27)28/h1-9,16H,10-15H2,(H,21,24). The first-order chi connectivity index (χ1) is 14.3. The number of rotatable bonds is 8. The highest BCUT2D eigenvalue weighted by atomic mass is 32.2. The monoisotopic (exact) mass is 449 g/mol. The van der Waals surface area contributed by atoms with Crippen LogP contribution >= 0.6 is 0 Å². The Bertz CT molecular complexity index is 1150. The van der Waals surface area contributed by atoms with E-state index in [1.54, 1.807) is 36.4 Å². The molecule has 1 heterocycles. The van der Waals surface area contributed by atoms with E-state index in [0.717, 1.165) is 12.8 Å². The second-order valence-corrected chi connectivity index (χ2v) is 11.2. The lowest BCUT2D eigenvalue weighted by atomic mass is 10.2. The highest BCUT2D eigenvalue weighted by molar-refractivity contribution is 7.94. The van der Waals surface area contributed by atoms with E-state index < -0.39 is 26.0 Å². The summed E-state index contributed by atoms with van der Waals surface area (Å²) < 4.78 is 53.3. The van der Waals surface area contributed by atoms with Crippen molar-refractivity contribution in [2.24, 2.45) is 0 Å². The van der Waals surface area contributed by atoms with E-state index in [1.165, 1.54) is 20.7 Å². The zero-order valence-electron chi connectivity index (χ0n) is 16.3. The Morgan fingerprint density at radius 3 is 2.30 bits per heavy atom. The molecule has 8 nitrogen and oxygen atoms in total. The highest BCUT2D eigenvalue weighted by Gasteiger charge is 2.47. The Balaban J connectivity index is 1.35. The number of carbonyl (C=O) groups is 1. The Kier molecular flexibility index (Phi) is 5.46.